The lowest BCUT2D eigenvalue weighted by Gasteiger charge is -2.03. The Kier molecular flexibility index (Phi) is 3.08. The predicted molar refractivity (Wildman–Crippen MR) is 32.8 cm³/mol. The fourth-order valence-corrected chi connectivity index (χ4v) is 0.724. The predicted octanol–water partition coefficient (Wildman–Crippen LogP) is 0.409. The molecule has 2 atom stereocenters. The van der Waals surface area contributed by atoms with Gasteiger partial charge < -0.3 is 9.84 Å². The topological polar surface area (TPSA) is 47.9 Å². The van der Waals surface area contributed by atoms with Gasteiger partial charge in [0, 0.05) is 13.0 Å². The normalized spacial score (nSPS) is 33.0. The average molecular weight is 148 g/mol. The van der Waals surface area contributed by atoms with Gasteiger partial charge in [-0.3, -0.25) is 0 Å². The van der Waals surface area contributed by atoms with E-state index in [0.29, 0.717) is 6.42 Å². The number of rotatable bonds is 3. The van der Waals surface area contributed by atoms with Gasteiger partial charge in [-0.15, -0.1) is 0 Å². The highest BCUT2D eigenvalue weighted by Crippen LogP contribution is 2.17. The number of aliphatic hydroxyl groups excluding tert-OH is 1. The van der Waals surface area contributed by atoms with E-state index in [1.165, 1.54) is 0 Å². The Bertz CT molecular complexity index is 95.7. The summed E-state index contributed by atoms with van der Waals surface area (Å²) >= 11 is 0. The van der Waals surface area contributed by atoms with Gasteiger partial charge in [0.2, 0.25) is 0 Å². The monoisotopic (exact) mass is 148 g/mol. The third kappa shape index (κ3) is 1.91. The smallest absolute Gasteiger partial charge is 0.196 e. The van der Waals surface area contributed by atoms with E-state index in [1.54, 1.807) is 0 Å². The van der Waals surface area contributed by atoms with E-state index in [9.17, 15) is 0 Å². The van der Waals surface area contributed by atoms with Crippen molar-refractivity contribution in [1.29, 1.82) is 0 Å². The molecule has 1 rings (SSSR count). The molecule has 0 aromatic rings. The average Bonchev–Trinajstić information content (AvgIpc) is 2.37. The van der Waals surface area contributed by atoms with E-state index in [4.69, 9.17) is 19.6 Å². The van der Waals surface area contributed by atoms with Gasteiger partial charge in [-0.1, -0.05) is 6.92 Å². The second kappa shape index (κ2) is 3.88. The quantitative estimate of drug-likeness (QED) is 0.589. The zero-order valence-electron chi connectivity index (χ0n) is 5.95. The molecule has 0 aromatic heterocycles. The molecular weight excluding hydrogens is 136 g/mol. The molecule has 1 heterocycles. The van der Waals surface area contributed by atoms with Crippen LogP contribution >= 0.6 is 0 Å². The standard InChI is InChI=1S/C6H12O4/c1-2-5-8-6(3-4-7)10-9-5/h5-7H,2-4H2,1H3. The van der Waals surface area contributed by atoms with Crippen LogP contribution in [0.3, 0.4) is 0 Å². The molecule has 4 nitrogen and oxygen atoms in total. The van der Waals surface area contributed by atoms with Crippen LogP contribution in [0.15, 0.2) is 0 Å². The van der Waals surface area contributed by atoms with E-state index in [0.717, 1.165) is 6.42 Å². The summed E-state index contributed by atoms with van der Waals surface area (Å²) in [6, 6.07) is 0. The van der Waals surface area contributed by atoms with E-state index in [2.05, 4.69) is 0 Å². The highest BCUT2D eigenvalue weighted by molar-refractivity contribution is 4.48. The van der Waals surface area contributed by atoms with Crippen molar-refractivity contribution in [1.82, 2.24) is 0 Å². The van der Waals surface area contributed by atoms with Crippen molar-refractivity contribution in [2.24, 2.45) is 0 Å². The maximum atomic E-state index is 8.47. The minimum absolute atomic E-state index is 0.0600. The molecule has 1 fully saturated rings. The van der Waals surface area contributed by atoms with Crippen molar-refractivity contribution < 1.29 is 19.6 Å². The van der Waals surface area contributed by atoms with E-state index < -0.39 is 0 Å². The fourth-order valence-electron chi connectivity index (χ4n) is 0.724. The minimum Gasteiger partial charge on any atom is -0.396 e. The molecule has 0 amide bonds. The van der Waals surface area contributed by atoms with Crippen molar-refractivity contribution in [2.75, 3.05) is 6.61 Å². The molecule has 0 aromatic carbocycles. The number of hydrogen-bond acceptors (Lipinski definition) is 4. The zero-order chi connectivity index (χ0) is 7.40. The molecule has 60 valence electrons. The van der Waals surface area contributed by atoms with Crippen LogP contribution in [0.2, 0.25) is 0 Å². The van der Waals surface area contributed by atoms with Crippen LogP contribution in [0.5, 0.6) is 0 Å². The molecule has 1 N–H and O–H groups in total. The van der Waals surface area contributed by atoms with Crippen LogP contribution in [0.25, 0.3) is 0 Å². The molecule has 4 heteroatoms. The molecular formula is C6H12O4. The maximum Gasteiger partial charge on any atom is 0.196 e. The molecule has 0 spiro atoms. The second-order valence-corrected chi connectivity index (χ2v) is 2.11. The minimum atomic E-state index is -0.380. The van der Waals surface area contributed by atoms with Crippen LogP contribution in [0.4, 0.5) is 0 Å². The summed E-state index contributed by atoms with van der Waals surface area (Å²) in [6.45, 7) is 2.00. The first-order valence-corrected chi connectivity index (χ1v) is 3.45. The molecule has 2 unspecified atom stereocenters. The summed E-state index contributed by atoms with van der Waals surface area (Å²) in [4.78, 5) is 9.45. The summed E-state index contributed by atoms with van der Waals surface area (Å²) in [7, 11) is 0. The zero-order valence-corrected chi connectivity index (χ0v) is 5.95. The first-order chi connectivity index (χ1) is 4.86. The molecule has 10 heavy (non-hydrogen) atoms. The Morgan fingerprint density at radius 1 is 1.30 bits per heavy atom. The van der Waals surface area contributed by atoms with Crippen molar-refractivity contribution in [3.05, 3.63) is 0 Å². The summed E-state index contributed by atoms with van der Waals surface area (Å²) in [6.07, 6.45) is 0.602. The van der Waals surface area contributed by atoms with Crippen LogP contribution in [0.1, 0.15) is 19.8 Å². The number of aliphatic hydroxyl groups is 1. The number of ether oxygens (including phenoxy) is 1. The molecule has 0 bridgehead atoms. The Balaban J connectivity index is 2.15. The van der Waals surface area contributed by atoms with Crippen LogP contribution in [-0.2, 0) is 14.5 Å². The van der Waals surface area contributed by atoms with Crippen LogP contribution < -0.4 is 0 Å². The highest BCUT2D eigenvalue weighted by atomic mass is 17.3. The Morgan fingerprint density at radius 2 is 2.00 bits per heavy atom. The number of hydrogen-bond donors (Lipinski definition) is 1. The highest BCUT2D eigenvalue weighted by Gasteiger charge is 2.25. The lowest BCUT2D eigenvalue weighted by Crippen LogP contribution is -2.12. The SMILES string of the molecule is CCC1OOC(CCO)O1. The van der Waals surface area contributed by atoms with Gasteiger partial charge in [0.15, 0.2) is 12.6 Å². The molecule has 0 saturated carbocycles. The summed E-state index contributed by atoms with van der Waals surface area (Å²) in [5, 5.41) is 8.47. The summed E-state index contributed by atoms with van der Waals surface area (Å²) in [5.74, 6) is 0. The van der Waals surface area contributed by atoms with Gasteiger partial charge in [-0.05, 0) is 6.42 Å². The van der Waals surface area contributed by atoms with Crippen molar-refractivity contribution in [3.8, 4) is 0 Å². The maximum absolute atomic E-state index is 8.47. The first-order valence-electron chi connectivity index (χ1n) is 3.45. The molecule has 0 radical (unpaired) electrons. The van der Waals surface area contributed by atoms with Gasteiger partial charge in [-0.25, -0.2) is 9.78 Å². The third-order valence-corrected chi connectivity index (χ3v) is 1.27. The first kappa shape index (κ1) is 7.94. The summed E-state index contributed by atoms with van der Waals surface area (Å²) in [5.41, 5.74) is 0. The van der Waals surface area contributed by atoms with Crippen LogP contribution in [0, 0.1) is 0 Å². The van der Waals surface area contributed by atoms with Gasteiger partial charge in [0.25, 0.3) is 0 Å². The molecule has 1 saturated heterocycles. The Morgan fingerprint density at radius 3 is 2.50 bits per heavy atom. The molecule has 0 aliphatic carbocycles. The van der Waals surface area contributed by atoms with E-state index in [1.807, 2.05) is 6.92 Å². The lowest BCUT2D eigenvalue weighted by molar-refractivity contribution is -0.297. The largest absolute Gasteiger partial charge is 0.396 e. The Labute approximate surface area is 59.6 Å². The lowest BCUT2D eigenvalue weighted by atomic mass is 10.4. The van der Waals surface area contributed by atoms with Crippen molar-refractivity contribution >= 4 is 0 Å². The Hall–Kier alpha value is -0.160. The summed E-state index contributed by atoms with van der Waals surface area (Å²) < 4.78 is 5.15. The van der Waals surface area contributed by atoms with E-state index >= 15 is 0 Å². The van der Waals surface area contributed by atoms with Crippen molar-refractivity contribution in [2.45, 2.75) is 32.3 Å². The molecule has 1 aliphatic rings. The molecule has 1 aliphatic heterocycles. The van der Waals surface area contributed by atoms with Gasteiger partial charge in [-0.2, -0.15) is 0 Å². The second-order valence-electron chi connectivity index (χ2n) is 2.11. The fraction of sp³-hybridized carbons (Fsp3) is 1.00. The van der Waals surface area contributed by atoms with Crippen molar-refractivity contribution in [3.63, 3.8) is 0 Å². The van der Waals surface area contributed by atoms with Gasteiger partial charge >= 0.3 is 0 Å². The third-order valence-electron chi connectivity index (χ3n) is 1.27. The van der Waals surface area contributed by atoms with Gasteiger partial charge in [0.1, 0.15) is 0 Å². The van der Waals surface area contributed by atoms with Gasteiger partial charge in [0.05, 0.1) is 0 Å². The van der Waals surface area contributed by atoms with E-state index in [-0.39, 0.29) is 19.2 Å². The van der Waals surface area contributed by atoms with Crippen LogP contribution in [-0.4, -0.2) is 24.3 Å².